The number of aromatic nitrogens is 2. The van der Waals surface area contributed by atoms with E-state index in [1.54, 1.807) is 0 Å². The van der Waals surface area contributed by atoms with Crippen LogP contribution < -0.4 is 4.90 Å². The molecule has 3 heteroatoms. The van der Waals surface area contributed by atoms with E-state index >= 15 is 0 Å². The lowest BCUT2D eigenvalue weighted by Crippen LogP contribution is -2.22. The molecule has 0 fully saturated rings. The first-order chi connectivity index (χ1) is 29.2. The SMILES string of the molecule is C=C1/C=C(N(c2ccc3c(c2)C(C)(C)c2ccccc2-3)c2ccc3c(c2)c2ccc4c(ccn4-c4ccccc4)c2n3-c2ccccc2)\C=C/Cc2ccccc2C1(C)C. The van der Waals surface area contributed by atoms with Gasteiger partial charge in [0, 0.05) is 61.6 Å². The molecule has 0 aliphatic heterocycles. The lowest BCUT2D eigenvalue weighted by Gasteiger charge is -2.31. The van der Waals surface area contributed by atoms with Crippen LogP contribution in [0.5, 0.6) is 0 Å². The standard InChI is InChI=1S/C57H47N3/c1-38-35-42(23-16-18-39-17-12-14-25-50(39)56(38,2)3)59(44-27-29-46-45-24-13-15-26-51(45)57(4,5)52(46)37-44)43-28-31-54-49(36-43)47-30-32-53-48(33-34-58(53)40-19-8-6-9-20-40)55(47)60(54)41-21-10-7-11-22-41/h6-17,19-37H,1,18H2,2-5H3/b23-16-,42-35+. The number of benzene rings is 7. The van der Waals surface area contributed by atoms with Crippen molar-refractivity contribution in [2.45, 2.75) is 44.9 Å². The summed E-state index contributed by atoms with van der Waals surface area (Å²) in [4.78, 5) is 2.46. The van der Waals surface area contributed by atoms with Crippen LogP contribution in [0.1, 0.15) is 49.9 Å². The van der Waals surface area contributed by atoms with Crippen LogP contribution in [0.2, 0.25) is 0 Å². The number of hydrogen-bond acceptors (Lipinski definition) is 1. The minimum Gasteiger partial charge on any atom is -0.316 e. The van der Waals surface area contributed by atoms with Gasteiger partial charge < -0.3 is 14.0 Å². The summed E-state index contributed by atoms with van der Waals surface area (Å²) >= 11 is 0. The van der Waals surface area contributed by atoms with Crippen molar-refractivity contribution in [2.75, 3.05) is 4.90 Å². The van der Waals surface area contributed by atoms with E-state index in [9.17, 15) is 0 Å². The molecule has 2 aliphatic rings. The first kappa shape index (κ1) is 36.0. The number of allylic oxidation sites excluding steroid dienone is 4. The molecule has 60 heavy (non-hydrogen) atoms. The second-order valence-electron chi connectivity index (χ2n) is 17.5. The largest absolute Gasteiger partial charge is 0.316 e. The molecule has 0 atom stereocenters. The average Bonchev–Trinajstić information content (AvgIpc) is 3.93. The van der Waals surface area contributed by atoms with Gasteiger partial charge in [-0.3, -0.25) is 0 Å². The first-order valence-electron chi connectivity index (χ1n) is 21.1. The van der Waals surface area contributed by atoms with E-state index in [-0.39, 0.29) is 10.8 Å². The second kappa shape index (κ2) is 13.5. The predicted octanol–water partition coefficient (Wildman–Crippen LogP) is 14.7. The van der Waals surface area contributed by atoms with Gasteiger partial charge in [-0.25, -0.2) is 0 Å². The van der Waals surface area contributed by atoms with Crippen LogP contribution in [0.25, 0.3) is 55.2 Å². The molecule has 0 radical (unpaired) electrons. The summed E-state index contributed by atoms with van der Waals surface area (Å²) in [6, 6.07) is 60.2. The zero-order valence-electron chi connectivity index (χ0n) is 34.7. The number of nitrogens with zero attached hydrogens (tertiary/aromatic N) is 3. The fourth-order valence-corrected chi connectivity index (χ4v) is 10.1. The van der Waals surface area contributed by atoms with E-state index in [0.717, 1.165) is 40.4 Å². The van der Waals surface area contributed by atoms with Gasteiger partial charge in [-0.05, 0) is 124 Å². The van der Waals surface area contributed by atoms with E-state index < -0.39 is 0 Å². The number of rotatable bonds is 5. The molecule has 0 N–H and O–H groups in total. The molecule has 3 nitrogen and oxygen atoms in total. The fourth-order valence-electron chi connectivity index (χ4n) is 10.1. The molecule has 290 valence electrons. The number of anilines is 2. The maximum atomic E-state index is 4.78. The molecule has 11 rings (SSSR count). The van der Waals surface area contributed by atoms with Crippen molar-refractivity contribution in [2.24, 2.45) is 0 Å². The van der Waals surface area contributed by atoms with Gasteiger partial charge in [0.25, 0.3) is 0 Å². The molecule has 0 unspecified atom stereocenters. The van der Waals surface area contributed by atoms with Gasteiger partial charge in [0.1, 0.15) is 0 Å². The van der Waals surface area contributed by atoms with Gasteiger partial charge >= 0.3 is 0 Å². The van der Waals surface area contributed by atoms with Crippen LogP contribution in [0, 0.1) is 0 Å². The summed E-state index contributed by atoms with van der Waals surface area (Å²) in [5.74, 6) is 0. The third-order valence-corrected chi connectivity index (χ3v) is 13.4. The molecular formula is C57H47N3. The van der Waals surface area contributed by atoms with Crippen molar-refractivity contribution < 1.29 is 0 Å². The van der Waals surface area contributed by atoms with Crippen LogP contribution in [0.3, 0.4) is 0 Å². The van der Waals surface area contributed by atoms with Gasteiger partial charge in [0.15, 0.2) is 0 Å². The Balaban J connectivity index is 1.16. The highest BCUT2D eigenvalue weighted by Gasteiger charge is 2.36. The highest BCUT2D eigenvalue weighted by molar-refractivity contribution is 6.19. The lowest BCUT2D eigenvalue weighted by molar-refractivity contribution is 0.634. The van der Waals surface area contributed by atoms with Crippen LogP contribution in [-0.2, 0) is 17.3 Å². The maximum absolute atomic E-state index is 4.78. The Hall–Kier alpha value is -7.10. The minimum atomic E-state index is -0.268. The molecule has 0 bridgehead atoms. The fraction of sp³-hybridized carbons (Fsp3) is 0.123. The van der Waals surface area contributed by atoms with Crippen LogP contribution >= 0.6 is 0 Å². The molecular weight excluding hydrogens is 727 g/mol. The van der Waals surface area contributed by atoms with Gasteiger partial charge in [-0.1, -0.05) is 137 Å². The third kappa shape index (κ3) is 5.42. The molecule has 2 aliphatic carbocycles. The Bertz CT molecular complexity index is 3240. The van der Waals surface area contributed by atoms with Gasteiger partial charge in [-0.15, -0.1) is 0 Å². The van der Waals surface area contributed by atoms with Crippen molar-refractivity contribution in [3.8, 4) is 22.5 Å². The van der Waals surface area contributed by atoms with Gasteiger partial charge in [0.2, 0.25) is 0 Å². The zero-order valence-corrected chi connectivity index (χ0v) is 34.7. The quantitative estimate of drug-likeness (QED) is 0.170. The van der Waals surface area contributed by atoms with Crippen LogP contribution in [-0.4, -0.2) is 9.13 Å². The summed E-state index contributed by atoms with van der Waals surface area (Å²) in [6.07, 6.45) is 10.00. The Kier molecular flexibility index (Phi) is 8.09. The summed E-state index contributed by atoms with van der Waals surface area (Å²) in [7, 11) is 0. The molecule has 9 aromatic rings. The van der Waals surface area contributed by atoms with Crippen LogP contribution in [0.15, 0.2) is 206 Å². The summed E-state index contributed by atoms with van der Waals surface area (Å²) in [6.45, 7) is 14.1. The van der Waals surface area contributed by atoms with E-state index in [1.807, 2.05) is 0 Å². The third-order valence-electron chi connectivity index (χ3n) is 13.4. The van der Waals surface area contributed by atoms with E-state index in [1.165, 1.54) is 66.1 Å². The molecule has 7 aromatic carbocycles. The monoisotopic (exact) mass is 773 g/mol. The van der Waals surface area contributed by atoms with Crippen molar-refractivity contribution in [1.29, 1.82) is 0 Å². The summed E-state index contributed by atoms with van der Waals surface area (Å²) in [5.41, 5.74) is 17.8. The minimum absolute atomic E-state index is 0.141. The van der Waals surface area contributed by atoms with Crippen molar-refractivity contribution >= 4 is 44.1 Å². The maximum Gasteiger partial charge on any atom is 0.0635 e. The van der Waals surface area contributed by atoms with Gasteiger partial charge in [-0.2, -0.15) is 0 Å². The Morgan fingerprint density at radius 3 is 1.98 bits per heavy atom. The molecule has 0 amide bonds. The Morgan fingerprint density at radius 2 is 1.18 bits per heavy atom. The molecule has 2 aromatic heterocycles. The van der Waals surface area contributed by atoms with Gasteiger partial charge in [0.05, 0.1) is 16.6 Å². The van der Waals surface area contributed by atoms with Crippen molar-refractivity contribution in [3.63, 3.8) is 0 Å². The van der Waals surface area contributed by atoms with Crippen molar-refractivity contribution in [1.82, 2.24) is 9.13 Å². The Morgan fingerprint density at radius 1 is 0.533 bits per heavy atom. The topological polar surface area (TPSA) is 13.1 Å². The number of hydrogen-bond donors (Lipinski definition) is 0. The highest BCUT2D eigenvalue weighted by atomic mass is 15.1. The average molecular weight is 774 g/mol. The van der Waals surface area contributed by atoms with E-state index in [4.69, 9.17) is 6.58 Å². The van der Waals surface area contributed by atoms with Crippen molar-refractivity contribution in [3.05, 3.63) is 228 Å². The zero-order chi connectivity index (χ0) is 40.8. The molecule has 2 heterocycles. The predicted molar refractivity (Wildman–Crippen MR) is 253 cm³/mol. The number of para-hydroxylation sites is 2. The van der Waals surface area contributed by atoms with E-state index in [0.29, 0.717) is 0 Å². The Labute approximate surface area is 352 Å². The summed E-state index contributed by atoms with van der Waals surface area (Å²) in [5, 5.41) is 3.65. The normalized spacial score (nSPS) is 16.7. The van der Waals surface area contributed by atoms with E-state index in [2.05, 4.69) is 230 Å². The summed E-state index contributed by atoms with van der Waals surface area (Å²) < 4.78 is 4.75. The molecule has 0 saturated heterocycles. The molecule has 0 saturated carbocycles. The highest BCUT2D eigenvalue weighted by Crippen LogP contribution is 2.51. The first-order valence-corrected chi connectivity index (χ1v) is 21.1. The number of fused-ring (bicyclic) bond motifs is 9. The second-order valence-corrected chi connectivity index (χ2v) is 17.5. The smallest absolute Gasteiger partial charge is 0.0635 e. The lowest BCUT2D eigenvalue weighted by atomic mass is 9.75. The van der Waals surface area contributed by atoms with Crippen LogP contribution in [0.4, 0.5) is 11.4 Å². The molecule has 0 spiro atoms.